The van der Waals surface area contributed by atoms with Gasteiger partial charge < -0.3 is 10.1 Å². The zero-order valence-corrected chi connectivity index (χ0v) is 16.0. The second-order valence-corrected chi connectivity index (χ2v) is 6.74. The van der Waals surface area contributed by atoms with E-state index in [1.165, 1.54) is 22.3 Å². The molecule has 1 N–H and O–H groups in total. The van der Waals surface area contributed by atoms with E-state index in [9.17, 15) is 0 Å². The summed E-state index contributed by atoms with van der Waals surface area (Å²) in [6.45, 7) is 1.76. The first-order chi connectivity index (χ1) is 13.3. The van der Waals surface area contributed by atoms with Gasteiger partial charge in [0.15, 0.2) is 0 Å². The summed E-state index contributed by atoms with van der Waals surface area (Å²) in [5.41, 5.74) is 5.11. The third kappa shape index (κ3) is 6.22. The van der Waals surface area contributed by atoms with E-state index in [1.807, 2.05) is 25.5 Å². The van der Waals surface area contributed by atoms with Gasteiger partial charge in [0.2, 0.25) is 0 Å². The number of nitrogens with one attached hydrogen (secondary N) is 1. The van der Waals surface area contributed by atoms with Crippen LogP contribution in [-0.4, -0.2) is 25.2 Å². The van der Waals surface area contributed by atoms with Crippen molar-refractivity contribution in [2.24, 2.45) is 0 Å². The molecule has 0 amide bonds. The lowest BCUT2D eigenvalue weighted by atomic mass is 10.0. The van der Waals surface area contributed by atoms with Crippen LogP contribution >= 0.6 is 0 Å². The van der Waals surface area contributed by atoms with E-state index in [-0.39, 0.29) is 0 Å². The molecule has 0 aliphatic heterocycles. The minimum atomic E-state index is 0.750. The van der Waals surface area contributed by atoms with E-state index in [4.69, 9.17) is 4.74 Å². The van der Waals surface area contributed by atoms with Gasteiger partial charge in [0.05, 0.1) is 6.61 Å². The Labute approximate surface area is 162 Å². The van der Waals surface area contributed by atoms with Crippen molar-refractivity contribution >= 4 is 0 Å². The molecule has 3 rings (SSSR count). The average Bonchev–Trinajstić information content (AvgIpc) is 2.74. The van der Waals surface area contributed by atoms with Crippen LogP contribution in [0.1, 0.15) is 24.0 Å². The first kappa shape index (κ1) is 19.1. The van der Waals surface area contributed by atoms with E-state index in [1.54, 1.807) is 0 Å². The summed E-state index contributed by atoms with van der Waals surface area (Å²) in [6, 6.07) is 21.3. The molecule has 3 nitrogen and oxygen atoms in total. The number of unbranched alkanes of at least 4 members (excludes halogenated alkanes) is 1. The van der Waals surface area contributed by atoms with E-state index in [0.717, 1.165) is 44.6 Å². The lowest BCUT2D eigenvalue weighted by Crippen LogP contribution is -2.10. The molecule has 0 aliphatic carbocycles. The van der Waals surface area contributed by atoms with E-state index >= 15 is 0 Å². The Morgan fingerprint density at radius 1 is 0.815 bits per heavy atom. The summed E-state index contributed by atoms with van der Waals surface area (Å²) >= 11 is 0. The van der Waals surface area contributed by atoms with Crippen molar-refractivity contribution in [1.82, 2.24) is 10.3 Å². The zero-order valence-electron chi connectivity index (χ0n) is 16.0. The van der Waals surface area contributed by atoms with Gasteiger partial charge in [-0.05, 0) is 79.7 Å². The largest absolute Gasteiger partial charge is 0.494 e. The highest BCUT2D eigenvalue weighted by Crippen LogP contribution is 2.23. The summed E-state index contributed by atoms with van der Waals surface area (Å²) in [5, 5.41) is 3.18. The number of ether oxygens (including phenoxy) is 1. The number of hydrogen-bond donors (Lipinski definition) is 1. The van der Waals surface area contributed by atoms with Gasteiger partial charge in [-0.3, -0.25) is 4.98 Å². The van der Waals surface area contributed by atoms with Gasteiger partial charge in [-0.25, -0.2) is 0 Å². The fraction of sp³-hybridized carbons (Fsp3) is 0.292. The highest BCUT2D eigenvalue weighted by atomic mass is 16.5. The number of rotatable bonds is 10. The van der Waals surface area contributed by atoms with Crippen molar-refractivity contribution in [3.05, 3.63) is 84.2 Å². The molecule has 27 heavy (non-hydrogen) atoms. The molecule has 0 saturated heterocycles. The Kier molecular flexibility index (Phi) is 7.43. The predicted octanol–water partition coefficient (Wildman–Crippen LogP) is 4.91. The topological polar surface area (TPSA) is 34.1 Å². The Balaban J connectivity index is 1.43. The first-order valence-electron chi connectivity index (χ1n) is 9.71. The number of likely N-dealkylation sites (N-methyl/N-ethyl adjacent to an activating group) is 1. The van der Waals surface area contributed by atoms with Gasteiger partial charge in [-0.15, -0.1) is 0 Å². The molecule has 140 valence electrons. The van der Waals surface area contributed by atoms with Gasteiger partial charge in [-0.1, -0.05) is 42.5 Å². The maximum absolute atomic E-state index is 5.88. The molecular formula is C24H28N2O. The quantitative estimate of drug-likeness (QED) is 0.522. The van der Waals surface area contributed by atoms with Gasteiger partial charge in [-0.2, -0.15) is 0 Å². The zero-order chi connectivity index (χ0) is 18.7. The summed E-state index contributed by atoms with van der Waals surface area (Å²) in [5.74, 6) is 0.936. The van der Waals surface area contributed by atoms with Crippen molar-refractivity contribution in [3.63, 3.8) is 0 Å². The maximum atomic E-state index is 5.88. The fourth-order valence-corrected chi connectivity index (χ4v) is 3.04. The van der Waals surface area contributed by atoms with Gasteiger partial charge >= 0.3 is 0 Å². The second kappa shape index (κ2) is 10.5. The monoisotopic (exact) mass is 360 g/mol. The lowest BCUT2D eigenvalue weighted by Gasteiger charge is -2.08. The molecule has 0 spiro atoms. The minimum Gasteiger partial charge on any atom is -0.494 e. The molecule has 0 unspecified atom stereocenters. The minimum absolute atomic E-state index is 0.750. The van der Waals surface area contributed by atoms with Crippen LogP contribution in [0.15, 0.2) is 73.1 Å². The van der Waals surface area contributed by atoms with Crippen LogP contribution in [0.3, 0.4) is 0 Å². The number of aryl methyl sites for hydroxylation is 1. The van der Waals surface area contributed by atoms with E-state index < -0.39 is 0 Å². The Bertz CT molecular complexity index is 783. The predicted molar refractivity (Wildman–Crippen MR) is 112 cm³/mol. The Hall–Kier alpha value is -2.65. The molecular weight excluding hydrogens is 332 g/mol. The average molecular weight is 361 g/mol. The van der Waals surface area contributed by atoms with Crippen LogP contribution in [0.25, 0.3) is 11.1 Å². The van der Waals surface area contributed by atoms with Crippen LogP contribution in [-0.2, 0) is 12.8 Å². The SMILES string of the molecule is CNCCc1ccc(-c2ccc(OCCCCc3cccnc3)cc2)cc1. The number of aromatic nitrogens is 1. The van der Waals surface area contributed by atoms with Crippen molar-refractivity contribution in [2.75, 3.05) is 20.2 Å². The van der Waals surface area contributed by atoms with Crippen molar-refractivity contribution in [1.29, 1.82) is 0 Å². The molecule has 3 heteroatoms. The van der Waals surface area contributed by atoms with E-state index in [0.29, 0.717) is 0 Å². The van der Waals surface area contributed by atoms with Crippen molar-refractivity contribution in [3.8, 4) is 16.9 Å². The third-order valence-electron chi connectivity index (χ3n) is 4.66. The van der Waals surface area contributed by atoms with Crippen molar-refractivity contribution in [2.45, 2.75) is 25.7 Å². The molecule has 2 aromatic carbocycles. The molecule has 1 heterocycles. The summed E-state index contributed by atoms with van der Waals surface area (Å²) in [7, 11) is 1.98. The molecule has 1 aromatic heterocycles. The van der Waals surface area contributed by atoms with Crippen LogP contribution in [0.4, 0.5) is 0 Å². The molecule has 3 aromatic rings. The lowest BCUT2D eigenvalue weighted by molar-refractivity contribution is 0.307. The Morgan fingerprint density at radius 2 is 1.56 bits per heavy atom. The number of pyridine rings is 1. The first-order valence-corrected chi connectivity index (χ1v) is 9.71. The fourth-order valence-electron chi connectivity index (χ4n) is 3.04. The van der Waals surface area contributed by atoms with Crippen LogP contribution in [0.2, 0.25) is 0 Å². The highest BCUT2D eigenvalue weighted by Gasteiger charge is 2.00. The number of nitrogens with zero attached hydrogens (tertiary/aromatic N) is 1. The van der Waals surface area contributed by atoms with Gasteiger partial charge in [0.25, 0.3) is 0 Å². The van der Waals surface area contributed by atoms with Crippen LogP contribution in [0, 0.1) is 0 Å². The molecule has 0 atom stereocenters. The normalized spacial score (nSPS) is 10.7. The Morgan fingerprint density at radius 3 is 2.22 bits per heavy atom. The molecule has 0 aliphatic rings. The maximum Gasteiger partial charge on any atom is 0.119 e. The summed E-state index contributed by atoms with van der Waals surface area (Å²) in [4.78, 5) is 4.15. The summed E-state index contributed by atoms with van der Waals surface area (Å²) in [6.07, 6.45) is 8.03. The second-order valence-electron chi connectivity index (χ2n) is 6.74. The number of hydrogen-bond acceptors (Lipinski definition) is 3. The third-order valence-corrected chi connectivity index (χ3v) is 4.66. The van der Waals surface area contributed by atoms with Crippen molar-refractivity contribution < 1.29 is 4.74 Å². The van der Waals surface area contributed by atoms with Gasteiger partial charge in [0.1, 0.15) is 5.75 Å². The number of benzene rings is 2. The molecule has 0 radical (unpaired) electrons. The summed E-state index contributed by atoms with van der Waals surface area (Å²) < 4.78 is 5.88. The molecule has 0 saturated carbocycles. The van der Waals surface area contributed by atoms with E-state index in [2.05, 4.69) is 64.9 Å². The molecule has 0 bridgehead atoms. The highest BCUT2D eigenvalue weighted by molar-refractivity contribution is 5.64. The van der Waals surface area contributed by atoms with Crippen LogP contribution < -0.4 is 10.1 Å². The van der Waals surface area contributed by atoms with Crippen LogP contribution in [0.5, 0.6) is 5.75 Å². The van der Waals surface area contributed by atoms with Gasteiger partial charge in [0, 0.05) is 12.4 Å². The standard InChI is InChI=1S/C24H28N2O/c1-25-17-15-20-7-9-22(10-8-20)23-11-13-24(14-12-23)27-18-3-2-5-21-6-4-16-26-19-21/h4,6-14,16,19,25H,2-3,5,15,17-18H2,1H3. The smallest absolute Gasteiger partial charge is 0.119 e. The molecule has 0 fully saturated rings.